The molecule has 0 spiro atoms. The van der Waals surface area contributed by atoms with Crippen LogP contribution in [-0.4, -0.2) is 4.98 Å². The summed E-state index contributed by atoms with van der Waals surface area (Å²) in [7, 11) is 0. The van der Waals surface area contributed by atoms with E-state index in [1.54, 1.807) is 5.51 Å². The average molecular weight is 152 g/mol. The summed E-state index contributed by atoms with van der Waals surface area (Å²) in [5, 5.41) is 1.92. The maximum absolute atomic E-state index is 5.65. The number of thiazole rings is 1. The Morgan fingerprint density at radius 2 is 2.70 bits per heavy atom. The van der Waals surface area contributed by atoms with Gasteiger partial charge in [0.15, 0.2) is 0 Å². The molecule has 0 bridgehead atoms. The molecule has 1 aromatic rings. The Bertz CT molecular complexity index is 222. The van der Waals surface area contributed by atoms with Crippen LogP contribution in [0.3, 0.4) is 0 Å². The summed E-state index contributed by atoms with van der Waals surface area (Å²) in [6.07, 6.45) is 5.64. The van der Waals surface area contributed by atoms with Crippen molar-refractivity contribution in [2.45, 2.75) is 12.5 Å². The SMILES string of the molecule is C#CCC(N)c1cscn1. The van der Waals surface area contributed by atoms with Gasteiger partial charge >= 0.3 is 0 Å². The summed E-state index contributed by atoms with van der Waals surface area (Å²) in [4.78, 5) is 4.03. The molecule has 0 fully saturated rings. The lowest BCUT2D eigenvalue weighted by Crippen LogP contribution is -2.09. The fourth-order valence-corrected chi connectivity index (χ4v) is 1.26. The van der Waals surface area contributed by atoms with E-state index in [0.29, 0.717) is 6.42 Å². The van der Waals surface area contributed by atoms with Crippen molar-refractivity contribution in [3.05, 3.63) is 16.6 Å². The fourth-order valence-electron chi connectivity index (χ4n) is 0.637. The summed E-state index contributed by atoms with van der Waals surface area (Å²) >= 11 is 1.53. The van der Waals surface area contributed by atoms with E-state index in [-0.39, 0.29) is 6.04 Å². The maximum Gasteiger partial charge on any atom is 0.0795 e. The Morgan fingerprint density at radius 3 is 3.20 bits per heavy atom. The molecule has 2 N–H and O–H groups in total. The molecule has 0 aliphatic carbocycles. The molecular formula is C7H8N2S. The second-order valence-corrected chi connectivity index (χ2v) is 2.65. The molecule has 1 rings (SSSR count). The van der Waals surface area contributed by atoms with Crippen LogP contribution in [0.5, 0.6) is 0 Å². The smallest absolute Gasteiger partial charge is 0.0795 e. The molecule has 0 radical (unpaired) electrons. The molecule has 0 aliphatic rings. The van der Waals surface area contributed by atoms with Gasteiger partial charge in [-0.15, -0.1) is 23.7 Å². The van der Waals surface area contributed by atoms with E-state index in [0.717, 1.165) is 5.69 Å². The van der Waals surface area contributed by atoms with E-state index >= 15 is 0 Å². The van der Waals surface area contributed by atoms with Crippen molar-refractivity contribution < 1.29 is 0 Å². The normalized spacial score (nSPS) is 12.4. The monoisotopic (exact) mass is 152 g/mol. The first kappa shape index (κ1) is 7.26. The van der Waals surface area contributed by atoms with E-state index in [4.69, 9.17) is 12.2 Å². The van der Waals surface area contributed by atoms with Crippen LogP contribution in [0.2, 0.25) is 0 Å². The molecule has 0 amide bonds. The first-order chi connectivity index (χ1) is 4.84. The number of nitrogens with two attached hydrogens (primary N) is 1. The molecule has 0 saturated carbocycles. The van der Waals surface area contributed by atoms with Crippen LogP contribution in [0.4, 0.5) is 0 Å². The minimum absolute atomic E-state index is 0.0868. The number of aromatic nitrogens is 1. The molecule has 1 atom stereocenters. The third-order valence-electron chi connectivity index (χ3n) is 1.17. The zero-order chi connectivity index (χ0) is 7.40. The average Bonchev–Trinajstić information content (AvgIpc) is 2.38. The van der Waals surface area contributed by atoms with Gasteiger partial charge < -0.3 is 5.73 Å². The summed E-state index contributed by atoms with van der Waals surface area (Å²) in [5.41, 5.74) is 8.30. The van der Waals surface area contributed by atoms with Gasteiger partial charge in [-0.1, -0.05) is 0 Å². The minimum atomic E-state index is -0.0868. The Labute approximate surface area is 64.1 Å². The summed E-state index contributed by atoms with van der Waals surface area (Å²) in [6, 6.07) is -0.0868. The Kier molecular flexibility index (Phi) is 2.43. The quantitative estimate of drug-likeness (QED) is 0.646. The second-order valence-electron chi connectivity index (χ2n) is 1.93. The first-order valence-electron chi connectivity index (χ1n) is 2.91. The van der Waals surface area contributed by atoms with E-state index in [2.05, 4.69) is 10.9 Å². The highest BCUT2D eigenvalue weighted by molar-refractivity contribution is 7.07. The number of hydrogen-bond donors (Lipinski definition) is 1. The predicted molar refractivity (Wildman–Crippen MR) is 42.5 cm³/mol. The molecule has 0 saturated heterocycles. The topological polar surface area (TPSA) is 38.9 Å². The molecule has 1 heterocycles. The van der Waals surface area contributed by atoms with Crippen LogP contribution in [0, 0.1) is 12.3 Å². The van der Waals surface area contributed by atoms with Gasteiger partial charge in [0.2, 0.25) is 0 Å². The van der Waals surface area contributed by atoms with Crippen molar-refractivity contribution in [1.82, 2.24) is 4.98 Å². The van der Waals surface area contributed by atoms with Crippen LogP contribution < -0.4 is 5.73 Å². The van der Waals surface area contributed by atoms with Gasteiger partial charge in [-0.3, -0.25) is 0 Å². The van der Waals surface area contributed by atoms with E-state index in [1.807, 2.05) is 5.38 Å². The maximum atomic E-state index is 5.65. The molecule has 1 aromatic heterocycles. The standard InChI is InChI=1S/C7H8N2S/c1-2-3-6(8)7-4-10-5-9-7/h1,4-6H,3,8H2. The van der Waals surface area contributed by atoms with Crippen LogP contribution in [0.1, 0.15) is 18.2 Å². The summed E-state index contributed by atoms with van der Waals surface area (Å²) in [5.74, 6) is 2.50. The highest BCUT2D eigenvalue weighted by atomic mass is 32.1. The third kappa shape index (κ3) is 1.56. The largest absolute Gasteiger partial charge is 0.322 e. The highest BCUT2D eigenvalue weighted by Crippen LogP contribution is 2.12. The van der Waals surface area contributed by atoms with Gasteiger partial charge in [0.25, 0.3) is 0 Å². The molecular weight excluding hydrogens is 144 g/mol. The molecule has 0 aliphatic heterocycles. The van der Waals surface area contributed by atoms with Crippen molar-refractivity contribution in [3.63, 3.8) is 0 Å². The molecule has 52 valence electrons. The molecule has 1 unspecified atom stereocenters. The number of nitrogens with zero attached hydrogens (tertiary/aromatic N) is 1. The third-order valence-corrected chi connectivity index (χ3v) is 1.77. The van der Waals surface area contributed by atoms with E-state index in [9.17, 15) is 0 Å². The van der Waals surface area contributed by atoms with Gasteiger partial charge in [0.05, 0.1) is 17.2 Å². The van der Waals surface area contributed by atoms with Gasteiger partial charge in [0.1, 0.15) is 0 Å². The Morgan fingerprint density at radius 1 is 1.90 bits per heavy atom. The summed E-state index contributed by atoms with van der Waals surface area (Å²) < 4.78 is 0. The molecule has 0 aromatic carbocycles. The van der Waals surface area contributed by atoms with Gasteiger partial charge in [-0.25, -0.2) is 4.98 Å². The minimum Gasteiger partial charge on any atom is -0.322 e. The van der Waals surface area contributed by atoms with Crippen molar-refractivity contribution in [1.29, 1.82) is 0 Å². The predicted octanol–water partition coefficient (Wildman–Crippen LogP) is 1.17. The Balaban J connectivity index is 2.61. The van der Waals surface area contributed by atoms with Gasteiger partial charge in [0, 0.05) is 11.8 Å². The van der Waals surface area contributed by atoms with Gasteiger partial charge in [-0.2, -0.15) is 0 Å². The molecule has 10 heavy (non-hydrogen) atoms. The van der Waals surface area contributed by atoms with E-state index in [1.165, 1.54) is 11.3 Å². The van der Waals surface area contributed by atoms with Crippen LogP contribution >= 0.6 is 11.3 Å². The zero-order valence-electron chi connectivity index (χ0n) is 5.45. The Hall–Kier alpha value is -0.850. The van der Waals surface area contributed by atoms with E-state index < -0.39 is 0 Å². The number of terminal acetylenes is 1. The highest BCUT2D eigenvalue weighted by Gasteiger charge is 2.04. The van der Waals surface area contributed by atoms with Crippen molar-refractivity contribution in [2.24, 2.45) is 5.73 Å². The van der Waals surface area contributed by atoms with Crippen molar-refractivity contribution in [3.8, 4) is 12.3 Å². The first-order valence-corrected chi connectivity index (χ1v) is 3.86. The summed E-state index contributed by atoms with van der Waals surface area (Å²) in [6.45, 7) is 0. The number of hydrogen-bond acceptors (Lipinski definition) is 3. The number of rotatable bonds is 2. The lowest BCUT2D eigenvalue weighted by atomic mass is 10.2. The molecule has 3 heteroatoms. The molecule has 2 nitrogen and oxygen atoms in total. The lowest BCUT2D eigenvalue weighted by Gasteiger charge is -2.01. The van der Waals surface area contributed by atoms with Gasteiger partial charge in [-0.05, 0) is 0 Å². The van der Waals surface area contributed by atoms with Crippen molar-refractivity contribution in [2.75, 3.05) is 0 Å². The van der Waals surface area contributed by atoms with Crippen molar-refractivity contribution >= 4 is 11.3 Å². The van der Waals surface area contributed by atoms with Crippen LogP contribution in [0.25, 0.3) is 0 Å². The zero-order valence-corrected chi connectivity index (χ0v) is 6.27. The lowest BCUT2D eigenvalue weighted by molar-refractivity contribution is 0.732. The second kappa shape index (κ2) is 3.35. The fraction of sp³-hybridized carbons (Fsp3) is 0.286. The van der Waals surface area contributed by atoms with Crippen LogP contribution in [0.15, 0.2) is 10.9 Å². The van der Waals surface area contributed by atoms with Crippen LogP contribution in [-0.2, 0) is 0 Å².